The molecule has 0 saturated heterocycles. The summed E-state index contributed by atoms with van der Waals surface area (Å²) in [4.78, 5) is 27.6. The molecule has 33 heavy (non-hydrogen) atoms. The Morgan fingerprint density at radius 3 is 2.12 bits per heavy atom. The molecule has 0 spiro atoms. The molecular weight excluding hydrogens is 485 g/mol. The second kappa shape index (κ2) is 11.7. The van der Waals surface area contributed by atoms with Gasteiger partial charge in [-0.1, -0.05) is 60.5 Å². The van der Waals surface area contributed by atoms with Crippen molar-refractivity contribution in [3.05, 3.63) is 64.1 Å². The Morgan fingerprint density at radius 1 is 1.00 bits per heavy atom. The first-order valence-corrected chi connectivity index (χ1v) is 13.1. The number of halogens is 2. The Bertz CT molecular complexity index is 1090. The number of anilines is 1. The van der Waals surface area contributed by atoms with Crippen LogP contribution in [-0.4, -0.2) is 50.0 Å². The average molecular weight is 514 g/mol. The molecule has 0 bridgehead atoms. The summed E-state index contributed by atoms with van der Waals surface area (Å²) in [6.45, 7) is 4.93. The number of rotatable bonds is 10. The van der Waals surface area contributed by atoms with Gasteiger partial charge in [0.2, 0.25) is 21.8 Å². The Kier molecular flexibility index (Phi) is 9.57. The fourth-order valence-electron chi connectivity index (χ4n) is 3.11. The van der Waals surface area contributed by atoms with Gasteiger partial charge < -0.3 is 10.2 Å². The van der Waals surface area contributed by atoms with Crippen molar-refractivity contribution in [3.63, 3.8) is 0 Å². The molecule has 0 aliphatic rings. The molecule has 180 valence electrons. The van der Waals surface area contributed by atoms with Gasteiger partial charge in [0.25, 0.3) is 0 Å². The number of benzene rings is 2. The highest BCUT2D eigenvalue weighted by atomic mass is 35.5. The molecule has 2 aromatic carbocycles. The van der Waals surface area contributed by atoms with Crippen LogP contribution in [-0.2, 0) is 26.2 Å². The fraction of sp³-hybridized carbons (Fsp3) is 0.391. The van der Waals surface area contributed by atoms with Crippen molar-refractivity contribution < 1.29 is 18.0 Å². The third-order valence-electron chi connectivity index (χ3n) is 5.27. The lowest BCUT2D eigenvalue weighted by atomic mass is 10.1. The summed E-state index contributed by atoms with van der Waals surface area (Å²) in [7, 11) is -3.84. The number of carbonyl (C=O) groups excluding carboxylic acids is 2. The quantitative estimate of drug-likeness (QED) is 0.518. The number of hydrogen-bond acceptors (Lipinski definition) is 4. The maximum Gasteiger partial charge on any atom is 0.244 e. The number of hydrogen-bond donors (Lipinski definition) is 1. The fourth-order valence-corrected chi connectivity index (χ4v) is 4.45. The lowest BCUT2D eigenvalue weighted by Gasteiger charge is -2.32. The maximum atomic E-state index is 13.5. The number of amides is 2. The molecular formula is C23H29Cl2N3O4S. The van der Waals surface area contributed by atoms with Crippen LogP contribution in [0.5, 0.6) is 0 Å². The van der Waals surface area contributed by atoms with Crippen molar-refractivity contribution in [1.82, 2.24) is 10.2 Å². The van der Waals surface area contributed by atoms with Gasteiger partial charge in [0, 0.05) is 17.6 Å². The minimum Gasteiger partial charge on any atom is -0.352 e. The van der Waals surface area contributed by atoms with E-state index < -0.39 is 28.5 Å². The molecule has 0 aromatic heterocycles. The van der Waals surface area contributed by atoms with E-state index in [0.29, 0.717) is 10.6 Å². The summed E-state index contributed by atoms with van der Waals surface area (Å²) in [5.74, 6) is -0.902. The van der Waals surface area contributed by atoms with E-state index in [2.05, 4.69) is 5.32 Å². The largest absolute Gasteiger partial charge is 0.352 e. The normalized spacial score (nSPS) is 13.2. The first-order chi connectivity index (χ1) is 15.5. The van der Waals surface area contributed by atoms with Crippen LogP contribution in [0, 0.1) is 0 Å². The molecule has 2 aromatic rings. The van der Waals surface area contributed by atoms with Gasteiger partial charge in [0.1, 0.15) is 12.6 Å². The molecule has 2 atom stereocenters. The zero-order chi connectivity index (χ0) is 24.8. The molecule has 0 fully saturated rings. The highest BCUT2D eigenvalue weighted by molar-refractivity contribution is 7.92. The Hall–Kier alpha value is -2.29. The summed E-state index contributed by atoms with van der Waals surface area (Å²) < 4.78 is 26.0. The van der Waals surface area contributed by atoms with Crippen molar-refractivity contribution in [2.24, 2.45) is 0 Å². The average Bonchev–Trinajstić information content (AvgIpc) is 2.76. The van der Waals surface area contributed by atoms with Gasteiger partial charge in [0.05, 0.1) is 17.0 Å². The third-order valence-corrected chi connectivity index (χ3v) is 7.08. The van der Waals surface area contributed by atoms with Gasteiger partial charge in [0.15, 0.2) is 0 Å². The zero-order valence-corrected chi connectivity index (χ0v) is 21.4. The van der Waals surface area contributed by atoms with Gasteiger partial charge in [-0.3, -0.25) is 13.9 Å². The van der Waals surface area contributed by atoms with E-state index in [1.54, 1.807) is 49.4 Å². The van der Waals surface area contributed by atoms with Crippen molar-refractivity contribution >= 4 is 50.7 Å². The number of carbonyl (C=O) groups is 2. The van der Waals surface area contributed by atoms with Crippen LogP contribution in [0.4, 0.5) is 5.69 Å². The molecule has 0 saturated carbocycles. The zero-order valence-electron chi connectivity index (χ0n) is 19.1. The summed E-state index contributed by atoms with van der Waals surface area (Å²) in [5, 5.41) is 3.50. The predicted octanol–water partition coefficient (Wildman–Crippen LogP) is 4.09. The monoisotopic (exact) mass is 513 g/mol. The topological polar surface area (TPSA) is 86.8 Å². The molecule has 1 N–H and O–H groups in total. The van der Waals surface area contributed by atoms with Crippen LogP contribution in [0.25, 0.3) is 0 Å². The predicted molar refractivity (Wildman–Crippen MR) is 133 cm³/mol. The van der Waals surface area contributed by atoms with Gasteiger partial charge >= 0.3 is 0 Å². The highest BCUT2D eigenvalue weighted by Gasteiger charge is 2.31. The van der Waals surface area contributed by atoms with E-state index in [1.165, 1.54) is 11.0 Å². The summed E-state index contributed by atoms with van der Waals surface area (Å²) >= 11 is 12.5. The van der Waals surface area contributed by atoms with Crippen LogP contribution in [0.2, 0.25) is 10.0 Å². The van der Waals surface area contributed by atoms with Gasteiger partial charge in [-0.2, -0.15) is 0 Å². The second-order valence-corrected chi connectivity index (χ2v) is 10.5. The number of para-hydroxylation sites is 1. The van der Waals surface area contributed by atoms with Crippen LogP contribution >= 0.6 is 23.2 Å². The minimum atomic E-state index is -3.84. The smallest absolute Gasteiger partial charge is 0.244 e. The first kappa shape index (κ1) is 27.0. The van der Waals surface area contributed by atoms with Crippen molar-refractivity contribution in [1.29, 1.82) is 0 Å². The van der Waals surface area contributed by atoms with Crippen LogP contribution < -0.4 is 9.62 Å². The summed E-state index contributed by atoms with van der Waals surface area (Å²) in [6, 6.07) is 12.4. The SMILES string of the molecule is CC[C@H](C)NC(=O)[C@@H](C)N(Cc1ccccc1Cl)C(=O)CN(c1ccccc1Cl)S(C)(=O)=O. The van der Waals surface area contributed by atoms with Gasteiger partial charge in [-0.15, -0.1) is 0 Å². The van der Waals surface area contributed by atoms with E-state index >= 15 is 0 Å². The van der Waals surface area contributed by atoms with Crippen LogP contribution in [0.15, 0.2) is 48.5 Å². The van der Waals surface area contributed by atoms with Crippen LogP contribution in [0.3, 0.4) is 0 Å². The van der Waals surface area contributed by atoms with E-state index in [0.717, 1.165) is 17.0 Å². The van der Waals surface area contributed by atoms with E-state index in [1.807, 2.05) is 13.8 Å². The van der Waals surface area contributed by atoms with Crippen LogP contribution in [0.1, 0.15) is 32.8 Å². The number of nitrogens with zero attached hydrogens (tertiary/aromatic N) is 2. The Balaban J connectivity index is 2.41. The molecule has 0 aliphatic heterocycles. The van der Waals surface area contributed by atoms with E-state index in [-0.39, 0.29) is 29.2 Å². The van der Waals surface area contributed by atoms with Crippen molar-refractivity contribution in [2.45, 2.75) is 45.8 Å². The van der Waals surface area contributed by atoms with Gasteiger partial charge in [-0.25, -0.2) is 8.42 Å². The molecule has 0 aliphatic carbocycles. The lowest BCUT2D eigenvalue weighted by molar-refractivity contribution is -0.139. The minimum absolute atomic E-state index is 0.0354. The summed E-state index contributed by atoms with van der Waals surface area (Å²) in [5.41, 5.74) is 0.823. The number of nitrogens with one attached hydrogen (secondary N) is 1. The van der Waals surface area contributed by atoms with Gasteiger partial charge in [-0.05, 0) is 44.0 Å². The standard InChI is InChI=1S/C23H29Cl2N3O4S/c1-5-16(2)26-23(30)17(3)27(14-18-10-6-7-11-19(18)24)22(29)15-28(33(4,31)32)21-13-9-8-12-20(21)25/h6-13,16-17H,5,14-15H2,1-4H3,(H,26,30)/t16-,17+/m0/s1. The van der Waals surface area contributed by atoms with E-state index in [4.69, 9.17) is 23.2 Å². The molecule has 0 heterocycles. The molecule has 2 rings (SSSR count). The summed E-state index contributed by atoms with van der Waals surface area (Å²) in [6.07, 6.45) is 1.73. The Labute approximate surface area is 205 Å². The molecule has 2 amide bonds. The first-order valence-electron chi connectivity index (χ1n) is 10.5. The second-order valence-electron chi connectivity index (χ2n) is 7.83. The molecule has 10 heteroatoms. The van der Waals surface area contributed by atoms with Crippen molar-refractivity contribution in [3.8, 4) is 0 Å². The lowest BCUT2D eigenvalue weighted by Crippen LogP contribution is -2.52. The molecule has 0 radical (unpaired) electrons. The molecule has 7 nitrogen and oxygen atoms in total. The highest BCUT2D eigenvalue weighted by Crippen LogP contribution is 2.27. The Morgan fingerprint density at radius 2 is 1.58 bits per heavy atom. The maximum absolute atomic E-state index is 13.5. The van der Waals surface area contributed by atoms with Crippen molar-refractivity contribution in [2.75, 3.05) is 17.1 Å². The third kappa shape index (κ3) is 7.35. The number of sulfonamides is 1. The molecule has 0 unspecified atom stereocenters. The van der Waals surface area contributed by atoms with E-state index in [9.17, 15) is 18.0 Å².